The molecule has 1 N–H and O–H groups in total. The van der Waals surface area contributed by atoms with E-state index in [1.165, 1.54) is 6.07 Å². The number of likely N-dealkylation sites (tertiary alicyclic amines) is 1. The molecule has 1 saturated heterocycles. The lowest BCUT2D eigenvalue weighted by molar-refractivity contribution is 0.0678. The molecule has 0 spiro atoms. The average molecular weight is 437 g/mol. The predicted molar refractivity (Wildman–Crippen MR) is 96.3 cm³/mol. The van der Waals surface area contributed by atoms with Gasteiger partial charge < -0.3 is 9.64 Å². The SMILES string of the molecule is CCOC(=O)N1CCC[C@@H](NS(C)(=O)=O)[C@H]1Cc1ccc(F)c(Br)c1. The quantitative estimate of drug-likeness (QED) is 0.769. The van der Waals surface area contributed by atoms with Crippen molar-refractivity contribution in [2.24, 2.45) is 0 Å². The molecule has 1 heterocycles. The zero-order valence-corrected chi connectivity index (χ0v) is 16.6. The summed E-state index contributed by atoms with van der Waals surface area (Å²) in [4.78, 5) is 13.9. The number of nitrogens with zero attached hydrogens (tertiary/aromatic N) is 1. The monoisotopic (exact) mass is 436 g/mol. The molecular weight excluding hydrogens is 415 g/mol. The van der Waals surface area contributed by atoms with Crippen LogP contribution in [0.15, 0.2) is 22.7 Å². The zero-order chi connectivity index (χ0) is 18.6. The molecule has 1 aromatic carbocycles. The first kappa shape index (κ1) is 20.1. The fourth-order valence-electron chi connectivity index (χ4n) is 3.06. The molecule has 1 aromatic rings. The number of hydrogen-bond donors (Lipinski definition) is 1. The lowest BCUT2D eigenvalue weighted by Gasteiger charge is -2.40. The van der Waals surface area contributed by atoms with Crippen molar-refractivity contribution >= 4 is 32.0 Å². The highest BCUT2D eigenvalue weighted by molar-refractivity contribution is 9.10. The number of piperidine rings is 1. The van der Waals surface area contributed by atoms with E-state index in [9.17, 15) is 17.6 Å². The number of halogens is 2. The van der Waals surface area contributed by atoms with Gasteiger partial charge in [0.05, 0.1) is 23.4 Å². The Labute approximate surface area is 155 Å². The van der Waals surface area contributed by atoms with E-state index < -0.39 is 28.2 Å². The van der Waals surface area contributed by atoms with E-state index in [0.29, 0.717) is 30.3 Å². The minimum absolute atomic E-state index is 0.244. The summed E-state index contributed by atoms with van der Waals surface area (Å²) in [6.07, 6.45) is 2.33. The summed E-state index contributed by atoms with van der Waals surface area (Å²) in [6, 6.07) is 3.80. The second kappa shape index (κ2) is 8.46. The second-order valence-electron chi connectivity index (χ2n) is 6.05. The van der Waals surface area contributed by atoms with Crippen LogP contribution >= 0.6 is 15.9 Å². The highest BCUT2D eigenvalue weighted by Gasteiger charge is 2.36. The summed E-state index contributed by atoms with van der Waals surface area (Å²) < 4.78 is 44.9. The Hall–Kier alpha value is -1.19. The van der Waals surface area contributed by atoms with Gasteiger partial charge in [-0.1, -0.05) is 6.07 Å². The summed E-state index contributed by atoms with van der Waals surface area (Å²) in [5, 5.41) is 0. The van der Waals surface area contributed by atoms with Gasteiger partial charge in [0.1, 0.15) is 5.82 Å². The van der Waals surface area contributed by atoms with Crippen LogP contribution in [0.3, 0.4) is 0 Å². The maximum absolute atomic E-state index is 13.5. The van der Waals surface area contributed by atoms with Crippen LogP contribution in [0.5, 0.6) is 0 Å². The molecule has 0 aliphatic carbocycles. The van der Waals surface area contributed by atoms with Gasteiger partial charge in [0.25, 0.3) is 0 Å². The molecule has 0 saturated carbocycles. The van der Waals surface area contributed by atoms with Crippen LogP contribution in [0.1, 0.15) is 25.3 Å². The first-order valence-corrected chi connectivity index (χ1v) is 10.7. The average Bonchev–Trinajstić information content (AvgIpc) is 2.51. The third-order valence-corrected chi connectivity index (χ3v) is 5.41. The molecule has 2 atom stereocenters. The van der Waals surface area contributed by atoms with E-state index in [2.05, 4.69) is 20.7 Å². The van der Waals surface area contributed by atoms with Crippen molar-refractivity contribution in [1.82, 2.24) is 9.62 Å². The molecule has 25 heavy (non-hydrogen) atoms. The molecule has 1 aliphatic heterocycles. The Bertz CT molecular complexity index is 729. The maximum atomic E-state index is 13.5. The van der Waals surface area contributed by atoms with Gasteiger partial charge in [-0.05, 0) is 59.8 Å². The minimum Gasteiger partial charge on any atom is -0.450 e. The minimum atomic E-state index is -3.42. The van der Waals surface area contributed by atoms with E-state index in [0.717, 1.165) is 11.8 Å². The summed E-state index contributed by atoms with van der Waals surface area (Å²) in [5.41, 5.74) is 0.801. The molecule has 6 nitrogen and oxygen atoms in total. The predicted octanol–water partition coefficient (Wildman–Crippen LogP) is 2.67. The molecule has 0 bridgehead atoms. The fraction of sp³-hybridized carbons (Fsp3) is 0.562. The Morgan fingerprint density at radius 3 is 2.80 bits per heavy atom. The Balaban J connectivity index is 2.29. The van der Waals surface area contributed by atoms with Gasteiger partial charge in [-0.3, -0.25) is 0 Å². The Morgan fingerprint density at radius 1 is 1.48 bits per heavy atom. The van der Waals surface area contributed by atoms with Crippen LogP contribution in [0, 0.1) is 5.82 Å². The van der Waals surface area contributed by atoms with Crippen LogP contribution in [0.25, 0.3) is 0 Å². The normalized spacial score (nSPS) is 21.2. The first-order valence-electron chi connectivity index (χ1n) is 8.06. The van der Waals surface area contributed by atoms with Gasteiger partial charge in [0.2, 0.25) is 10.0 Å². The molecule has 2 rings (SSSR count). The number of rotatable bonds is 5. The largest absolute Gasteiger partial charge is 0.450 e. The van der Waals surface area contributed by atoms with Crippen molar-refractivity contribution in [2.45, 2.75) is 38.3 Å². The number of ether oxygens (including phenoxy) is 1. The van der Waals surface area contributed by atoms with Crippen LogP contribution in [0.2, 0.25) is 0 Å². The Kier molecular flexibility index (Phi) is 6.81. The molecule has 0 radical (unpaired) electrons. The molecule has 140 valence electrons. The molecule has 1 amide bonds. The number of hydrogen-bond acceptors (Lipinski definition) is 4. The van der Waals surface area contributed by atoms with Crippen LogP contribution in [0.4, 0.5) is 9.18 Å². The third-order valence-electron chi connectivity index (χ3n) is 4.08. The van der Waals surface area contributed by atoms with Gasteiger partial charge in [0.15, 0.2) is 0 Å². The molecule has 0 aromatic heterocycles. The first-order chi connectivity index (χ1) is 11.7. The standard InChI is InChI=1S/C16H22BrFN2O4S/c1-3-24-16(21)20-8-4-5-14(19-25(2,22)23)15(20)10-11-6-7-13(18)12(17)9-11/h6-7,9,14-15,19H,3-5,8,10H2,1-2H3/t14-,15-/m1/s1. The zero-order valence-electron chi connectivity index (χ0n) is 14.2. The van der Waals surface area contributed by atoms with E-state index in [-0.39, 0.29) is 12.4 Å². The third kappa shape index (κ3) is 5.65. The van der Waals surface area contributed by atoms with E-state index >= 15 is 0 Å². The van der Waals surface area contributed by atoms with Crippen molar-refractivity contribution < 1.29 is 22.3 Å². The summed E-state index contributed by atoms with van der Waals surface area (Å²) in [7, 11) is -3.42. The maximum Gasteiger partial charge on any atom is 0.410 e. The van der Waals surface area contributed by atoms with Crippen molar-refractivity contribution in [3.8, 4) is 0 Å². The molecular formula is C16H22BrFN2O4S. The second-order valence-corrected chi connectivity index (χ2v) is 8.69. The molecule has 1 aliphatic rings. The van der Waals surface area contributed by atoms with E-state index in [1.807, 2.05) is 0 Å². The van der Waals surface area contributed by atoms with Gasteiger partial charge in [-0.15, -0.1) is 0 Å². The van der Waals surface area contributed by atoms with Gasteiger partial charge in [-0.25, -0.2) is 22.3 Å². The van der Waals surface area contributed by atoms with E-state index in [4.69, 9.17) is 4.74 Å². The van der Waals surface area contributed by atoms with Crippen LogP contribution < -0.4 is 4.72 Å². The van der Waals surface area contributed by atoms with Crippen LogP contribution in [-0.4, -0.2) is 50.9 Å². The molecule has 9 heteroatoms. The number of benzene rings is 1. The number of carbonyl (C=O) groups is 1. The highest BCUT2D eigenvalue weighted by Crippen LogP contribution is 2.25. The van der Waals surface area contributed by atoms with Crippen LogP contribution in [-0.2, 0) is 21.2 Å². The smallest absolute Gasteiger partial charge is 0.410 e. The van der Waals surface area contributed by atoms with Crippen molar-refractivity contribution in [2.75, 3.05) is 19.4 Å². The van der Waals surface area contributed by atoms with Crippen molar-refractivity contribution in [3.63, 3.8) is 0 Å². The number of nitrogens with one attached hydrogen (secondary N) is 1. The lowest BCUT2D eigenvalue weighted by Crippen LogP contribution is -2.57. The van der Waals surface area contributed by atoms with Gasteiger partial charge in [-0.2, -0.15) is 0 Å². The molecule has 0 unspecified atom stereocenters. The number of amides is 1. The summed E-state index contributed by atoms with van der Waals surface area (Å²) in [6.45, 7) is 2.46. The highest BCUT2D eigenvalue weighted by atomic mass is 79.9. The molecule has 1 fully saturated rings. The number of carbonyl (C=O) groups excluding carboxylic acids is 1. The van der Waals surface area contributed by atoms with Gasteiger partial charge in [0, 0.05) is 12.6 Å². The van der Waals surface area contributed by atoms with Crippen molar-refractivity contribution in [1.29, 1.82) is 0 Å². The summed E-state index contributed by atoms with van der Waals surface area (Å²) in [5.74, 6) is -0.375. The van der Waals surface area contributed by atoms with Gasteiger partial charge >= 0.3 is 6.09 Å². The van der Waals surface area contributed by atoms with Crippen molar-refractivity contribution in [3.05, 3.63) is 34.1 Å². The topological polar surface area (TPSA) is 75.7 Å². The summed E-state index contributed by atoms with van der Waals surface area (Å²) >= 11 is 3.15. The number of sulfonamides is 1. The van der Waals surface area contributed by atoms with E-state index in [1.54, 1.807) is 24.0 Å². The Morgan fingerprint density at radius 2 is 2.20 bits per heavy atom. The lowest BCUT2D eigenvalue weighted by atomic mass is 9.92. The fourth-order valence-corrected chi connectivity index (χ4v) is 4.31.